The first-order valence-electron chi connectivity index (χ1n) is 5.54. The number of hydrogen-bond acceptors (Lipinski definition) is 5. The van der Waals surface area contributed by atoms with Crippen LogP contribution in [-0.4, -0.2) is 25.5 Å². The molecule has 1 unspecified atom stereocenters. The minimum atomic E-state index is -3.93. The van der Waals surface area contributed by atoms with Gasteiger partial charge in [-0.2, -0.15) is 5.26 Å². The molecular weight excluding hydrogens is 288 g/mol. The molecule has 0 amide bonds. The normalized spacial score (nSPS) is 12.9. The first-order valence-corrected chi connectivity index (χ1v) is 7.90. The molecule has 1 heterocycles. The molecule has 0 bridgehead atoms. The van der Waals surface area contributed by atoms with Gasteiger partial charge in [0.15, 0.2) is 0 Å². The van der Waals surface area contributed by atoms with Crippen molar-refractivity contribution >= 4 is 27.3 Å². The zero-order chi connectivity index (χ0) is 14.6. The Kier molecular flexibility index (Phi) is 5.05. The van der Waals surface area contributed by atoms with Crippen LogP contribution in [0.3, 0.4) is 0 Å². The zero-order valence-corrected chi connectivity index (χ0v) is 12.1. The maximum absolute atomic E-state index is 12.2. The highest BCUT2D eigenvalue weighted by atomic mass is 32.2. The summed E-state index contributed by atoms with van der Waals surface area (Å²) in [5, 5.41) is 19.1. The van der Waals surface area contributed by atoms with Crippen LogP contribution in [0.5, 0.6) is 0 Å². The Morgan fingerprint density at radius 3 is 2.74 bits per heavy atom. The van der Waals surface area contributed by atoms with Gasteiger partial charge in [0.1, 0.15) is 9.77 Å². The molecule has 0 aliphatic carbocycles. The maximum Gasteiger partial charge on any atom is 0.347 e. The summed E-state index contributed by atoms with van der Waals surface area (Å²) >= 11 is 0.875. The zero-order valence-electron chi connectivity index (χ0n) is 10.5. The van der Waals surface area contributed by atoms with Gasteiger partial charge in [0.2, 0.25) is 10.0 Å². The van der Waals surface area contributed by atoms with Crippen molar-refractivity contribution in [1.82, 2.24) is 4.72 Å². The predicted molar refractivity (Wildman–Crippen MR) is 70.6 cm³/mol. The number of hydrogen-bond donors (Lipinski definition) is 2. The van der Waals surface area contributed by atoms with Crippen LogP contribution in [0.4, 0.5) is 0 Å². The summed E-state index contributed by atoms with van der Waals surface area (Å²) in [6.45, 7) is 3.30. The van der Waals surface area contributed by atoms with E-state index in [9.17, 15) is 13.2 Å². The van der Waals surface area contributed by atoms with Crippen LogP contribution in [0.2, 0.25) is 0 Å². The molecule has 0 radical (unpaired) electrons. The van der Waals surface area contributed by atoms with Gasteiger partial charge in [-0.05, 0) is 24.3 Å². The molecule has 1 atom stereocenters. The van der Waals surface area contributed by atoms with E-state index in [2.05, 4.69) is 4.72 Å². The summed E-state index contributed by atoms with van der Waals surface area (Å²) in [5.74, 6) is -1.27. The highest BCUT2D eigenvalue weighted by molar-refractivity contribution is 7.89. The standard InChI is InChI=1S/C11H14N2O4S2/c1-3-8(4-5-12)13-19(16,17)10-7(2)6-18-9(10)11(14)15/h6,8,13H,3-4H2,1-2H3,(H,14,15). The van der Waals surface area contributed by atoms with Crippen LogP contribution in [0.1, 0.15) is 35.0 Å². The number of thiophene rings is 1. The lowest BCUT2D eigenvalue weighted by atomic mass is 10.2. The Morgan fingerprint density at radius 2 is 2.26 bits per heavy atom. The minimum Gasteiger partial charge on any atom is -0.477 e. The Hall–Kier alpha value is -1.43. The van der Waals surface area contributed by atoms with E-state index in [1.54, 1.807) is 13.8 Å². The molecular formula is C11H14N2O4S2. The summed E-state index contributed by atoms with van der Waals surface area (Å²) in [5.41, 5.74) is 0.390. The summed E-state index contributed by atoms with van der Waals surface area (Å²) in [6.07, 6.45) is 0.500. The summed E-state index contributed by atoms with van der Waals surface area (Å²) in [6, 6.07) is 1.38. The fraction of sp³-hybridized carbons (Fsp3) is 0.455. The fourth-order valence-corrected chi connectivity index (χ4v) is 4.52. The first kappa shape index (κ1) is 15.6. The van der Waals surface area contributed by atoms with E-state index >= 15 is 0 Å². The number of nitrogens with zero attached hydrogens (tertiary/aromatic N) is 1. The van der Waals surface area contributed by atoms with Crippen molar-refractivity contribution in [1.29, 1.82) is 5.26 Å². The van der Waals surface area contributed by atoms with E-state index in [1.165, 1.54) is 5.38 Å². The van der Waals surface area contributed by atoms with E-state index in [0.29, 0.717) is 12.0 Å². The predicted octanol–water partition coefficient (Wildman–Crippen LogP) is 1.73. The third-order valence-corrected chi connectivity index (χ3v) is 5.46. The molecule has 0 aliphatic heterocycles. The van der Waals surface area contributed by atoms with Crippen LogP contribution >= 0.6 is 11.3 Å². The summed E-state index contributed by atoms with van der Waals surface area (Å²) in [4.78, 5) is 10.6. The Morgan fingerprint density at radius 1 is 1.63 bits per heavy atom. The Labute approximate surface area is 115 Å². The Balaban J connectivity index is 3.18. The number of carbonyl (C=O) groups is 1. The molecule has 1 aromatic heterocycles. The maximum atomic E-state index is 12.2. The molecule has 6 nitrogen and oxygen atoms in total. The number of nitriles is 1. The summed E-state index contributed by atoms with van der Waals surface area (Å²) in [7, 11) is -3.93. The molecule has 0 fully saturated rings. The van der Waals surface area contributed by atoms with Gasteiger partial charge < -0.3 is 5.11 Å². The molecule has 8 heteroatoms. The molecule has 2 N–H and O–H groups in total. The first-order chi connectivity index (χ1) is 8.83. The fourth-order valence-electron chi connectivity index (χ4n) is 1.57. The van der Waals surface area contributed by atoms with Crippen molar-refractivity contribution in [3.8, 4) is 6.07 Å². The van der Waals surface area contributed by atoms with Gasteiger partial charge in [0, 0.05) is 6.04 Å². The highest BCUT2D eigenvalue weighted by Crippen LogP contribution is 2.27. The highest BCUT2D eigenvalue weighted by Gasteiger charge is 2.28. The SMILES string of the molecule is CCC(CC#N)NS(=O)(=O)c1c(C)csc1C(=O)O. The number of aromatic carboxylic acids is 1. The lowest BCUT2D eigenvalue weighted by Crippen LogP contribution is -2.34. The largest absolute Gasteiger partial charge is 0.477 e. The number of aryl methyl sites for hydroxylation is 1. The average Bonchev–Trinajstić information content (AvgIpc) is 2.71. The minimum absolute atomic E-state index is 0.0430. The molecule has 1 aromatic rings. The molecule has 1 rings (SSSR count). The van der Waals surface area contributed by atoms with Gasteiger partial charge in [0.25, 0.3) is 0 Å². The van der Waals surface area contributed by atoms with Crippen LogP contribution in [-0.2, 0) is 10.0 Å². The molecule has 0 aromatic carbocycles. The third kappa shape index (κ3) is 3.53. The lowest BCUT2D eigenvalue weighted by molar-refractivity contribution is 0.0698. The third-order valence-electron chi connectivity index (χ3n) is 2.53. The number of rotatable bonds is 6. The van der Waals surface area contributed by atoms with Crippen molar-refractivity contribution in [2.75, 3.05) is 0 Å². The van der Waals surface area contributed by atoms with Crippen LogP contribution < -0.4 is 4.72 Å². The van der Waals surface area contributed by atoms with E-state index in [0.717, 1.165) is 11.3 Å². The van der Waals surface area contributed by atoms with E-state index in [-0.39, 0.29) is 16.2 Å². The number of nitrogens with one attached hydrogen (secondary N) is 1. The quantitative estimate of drug-likeness (QED) is 0.832. The van der Waals surface area contributed by atoms with E-state index < -0.39 is 22.0 Å². The van der Waals surface area contributed by atoms with Gasteiger partial charge in [0.05, 0.1) is 12.5 Å². The van der Waals surface area contributed by atoms with Crippen LogP contribution in [0.15, 0.2) is 10.3 Å². The molecule has 19 heavy (non-hydrogen) atoms. The van der Waals surface area contributed by atoms with Crippen molar-refractivity contribution < 1.29 is 18.3 Å². The summed E-state index contributed by atoms with van der Waals surface area (Å²) < 4.78 is 26.8. The number of sulfonamides is 1. The van der Waals surface area contributed by atoms with Crippen molar-refractivity contribution in [3.05, 3.63) is 15.8 Å². The molecule has 0 aliphatic rings. The van der Waals surface area contributed by atoms with Crippen LogP contribution in [0, 0.1) is 18.3 Å². The molecule has 0 spiro atoms. The van der Waals surface area contributed by atoms with Crippen LogP contribution in [0.25, 0.3) is 0 Å². The number of carboxylic acids is 1. The van der Waals surface area contributed by atoms with E-state index in [1.807, 2.05) is 6.07 Å². The van der Waals surface area contributed by atoms with Crippen molar-refractivity contribution in [2.24, 2.45) is 0 Å². The lowest BCUT2D eigenvalue weighted by Gasteiger charge is -2.14. The second kappa shape index (κ2) is 6.14. The van der Waals surface area contributed by atoms with Gasteiger partial charge >= 0.3 is 5.97 Å². The second-order valence-corrected chi connectivity index (χ2v) is 6.50. The average molecular weight is 302 g/mol. The smallest absolute Gasteiger partial charge is 0.347 e. The van der Waals surface area contributed by atoms with Gasteiger partial charge in [-0.15, -0.1) is 11.3 Å². The molecule has 0 saturated heterocycles. The number of carboxylic acid groups (broad SMARTS) is 1. The topological polar surface area (TPSA) is 107 Å². The van der Waals surface area contributed by atoms with Crippen molar-refractivity contribution in [3.63, 3.8) is 0 Å². The molecule has 0 saturated carbocycles. The second-order valence-electron chi connectivity index (χ2n) is 3.97. The van der Waals surface area contributed by atoms with Crippen molar-refractivity contribution in [2.45, 2.75) is 37.6 Å². The van der Waals surface area contributed by atoms with E-state index in [4.69, 9.17) is 10.4 Å². The van der Waals surface area contributed by atoms with Gasteiger partial charge in [-0.3, -0.25) is 0 Å². The van der Waals surface area contributed by atoms with Gasteiger partial charge in [-0.1, -0.05) is 6.92 Å². The Bertz CT molecular complexity index is 613. The molecule has 104 valence electrons. The monoisotopic (exact) mass is 302 g/mol. The van der Waals surface area contributed by atoms with Gasteiger partial charge in [-0.25, -0.2) is 17.9 Å².